The Hall–Kier alpha value is -3.17. The maximum atomic E-state index is 11.8. The molecule has 1 saturated heterocycles. The van der Waals surface area contributed by atoms with Crippen molar-refractivity contribution in [1.82, 2.24) is 15.1 Å². The molecule has 37 heavy (non-hydrogen) atoms. The molecule has 0 aliphatic carbocycles. The standard InChI is InChI=1S/C24H27Cl2N7O2.C2H6/c1-4-5-18-24(31-19(11-27-18)15-10-29-32(2)12-15)28-14-33(13-16-6-9-21(34)30-16)23-17(25)7-8-20(35-3)22(23)26;1-2/h5,7-8,10-12,16H,4,6,9,13-14H2,1-3H3,(H,30,34);1-2H3/b18-5+,28-24+;. The fraction of sp³-hybridized carbons (Fsp3) is 0.423. The molecule has 4 rings (SSSR count). The first-order chi connectivity index (χ1) is 17.9. The molecule has 1 N–H and O–H groups in total. The van der Waals surface area contributed by atoms with E-state index in [-0.39, 0.29) is 18.6 Å². The maximum absolute atomic E-state index is 11.8. The van der Waals surface area contributed by atoms with Gasteiger partial charge < -0.3 is 15.0 Å². The zero-order chi connectivity index (χ0) is 26.9. The number of carbonyl (C=O) groups excluding carboxylic acids is 1. The first-order valence-corrected chi connectivity index (χ1v) is 13.1. The largest absolute Gasteiger partial charge is 0.495 e. The summed E-state index contributed by atoms with van der Waals surface area (Å²) in [5, 5.41) is 8.07. The van der Waals surface area contributed by atoms with Crippen LogP contribution in [0.4, 0.5) is 5.69 Å². The second-order valence-electron chi connectivity index (χ2n) is 8.22. The van der Waals surface area contributed by atoms with E-state index in [1.54, 1.807) is 36.3 Å². The molecular formula is C26H33Cl2N7O2. The van der Waals surface area contributed by atoms with E-state index in [0.717, 1.165) is 18.4 Å². The van der Waals surface area contributed by atoms with Crippen LogP contribution in [0.15, 0.2) is 51.3 Å². The van der Waals surface area contributed by atoms with Crippen LogP contribution in [0.1, 0.15) is 45.6 Å². The van der Waals surface area contributed by atoms with Crippen LogP contribution < -0.4 is 15.0 Å². The summed E-state index contributed by atoms with van der Waals surface area (Å²) < 4.78 is 7.12. The second-order valence-corrected chi connectivity index (χ2v) is 9.00. The summed E-state index contributed by atoms with van der Waals surface area (Å²) in [7, 11) is 3.40. The number of allylic oxidation sites excluding steroid dienone is 1. The van der Waals surface area contributed by atoms with Crippen LogP contribution in [0, 0.1) is 0 Å². The molecule has 0 spiro atoms. The molecule has 1 aromatic carbocycles. The van der Waals surface area contributed by atoms with Crippen molar-refractivity contribution in [2.24, 2.45) is 22.0 Å². The number of hydrogen-bond donors (Lipinski definition) is 1. The molecule has 0 bridgehead atoms. The van der Waals surface area contributed by atoms with Gasteiger partial charge in [-0.2, -0.15) is 5.10 Å². The van der Waals surface area contributed by atoms with Crippen molar-refractivity contribution in [2.75, 3.05) is 25.2 Å². The van der Waals surface area contributed by atoms with Crippen LogP contribution in [0.2, 0.25) is 10.0 Å². The number of ether oxygens (including phenoxy) is 1. The number of amidine groups is 1. The number of aliphatic imine (C=N–C) groups is 3. The van der Waals surface area contributed by atoms with Crippen molar-refractivity contribution >= 4 is 52.6 Å². The highest BCUT2D eigenvalue weighted by atomic mass is 35.5. The Morgan fingerprint density at radius 1 is 1.32 bits per heavy atom. The average Bonchev–Trinajstić information content (AvgIpc) is 3.52. The Kier molecular flexibility index (Phi) is 10.3. The monoisotopic (exact) mass is 545 g/mol. The zero-order valence-corrected chi connectivity index (χ0v) is 23.3. The SMILES string of the molecule is CC.CC/C=C1/N=CC(c2cnn(C)c2)=N/C1=N/CN(CC1CCC(=O)N1)c1c(Cl)ccc(OC)c1Cl. The minimum atomic E-state index is -0.0504. The van der Waals surface area contributed by atoms with Gasteiger partial charge in [0.15, 0.2) is 5.84 Å². The van der Waals surface area contributed by atoms with Gasteiger partial charge in [0.25, 0.3) is 0 Å². The summed E-state index contributed by atoms with van der Waals surface area (Å²) in [6.07, 6.45) is 9.31. The number of anilines is 1. The third-order valence-corrected chi connectivity index (χ3v) is 6.33. The number of carbonyl (C=O) groups is 1. The highest BCUT2D eigenvalue weighted by Gasteiger charge is 2.26. The molecular weight excluding hydrogens is 513 g/mol. The van der Waals surface area contributed by atoms with Crippen LogP contribution in [-0.2, 0) is 11.8 Å². The van der Waals surface area contributed by atoms with Gasteiger partial charge in [0.05, 0.1) is 35.9 Å². The van der Waals surface area contributed by atoms with Gasteiger partial charge in [0.1, 0.15) is 23.1 Å². The Balaban J connectivity index is 0.00000186. The molecule has 0 radical (unpaired) electrons. The molecule has 1 aromatic heterocycles. The molecule has 2 aliphatic heterocycles. The van der Waals surface area contributed by atoms with Crippen LogP contribution in [0.25, 0.3) is 0 Å². The van der Waals surface area contributed by atoms with Crippen molar-refractivity contribution in [3.63, 3.8) is 0 Å². The van der Waals surface area contributed by atoms with Crippen LogP contribution >= 0.6 is 23.2 Å². The molecule has 9 nitrogen and oxygen atoms in total. The predicted molar refractivity (Wildman–Crippen MR) is 152 cm³/mol. The maximum Gasteiger partial charge on any atom is 0.220 e. The predicted octanol–water partition coefficient (Wildman–Crippen LogP) is 5.07. The summed E-state index contributed by atoms with van der Waals surface area (Å²) in [4.78, 5) is 27.9. The lowest BCUT2D eigenvalue weighted by atomic mass is 10.2. The highest BCUT2D eigenvalue weighted by molar-refractivity contribution is 6.42. The van der Waals surface area contributed by atoms with E-state index in [2.05, 4.69) is 15.4 Å². The van der Waals surface area contributed by atoms with Crippen LogP contribution in [0.5, 0.6) is 5.75 Å². The van der Waals surface area contributed by atoms with Gasteiger partial charge in [-0.25, -0.2) is 9.98 Å². The number of methoxy groups -OCH3 is 1. The first-order valence-electron chi connectivity index (χ1n) is 12.3. The van der Waals surface area contributed by atoms with E-state index in [9.17, 15) is 4.79 Å². The lowest BCUT2D eigenvalue weighted by molar-refractivity contribution is -0.119. The molecule has 2 aromatic rings. The summed E-state index contributed by atoms with van der Waals surface area (Å²) in [6.45, 7) is 6.71. The van der Waals surface area contributed by atoms with Gasteiger partial charge in [-0.05, 0) is 25.0 Å². The average molecular weight is 547 g/mol. The topological polar surface area (TPSA) is 96.5 Å². The van der Waals surface area contributed by atoms with Gasteiger partial charge in [-0.3, -0.25) is 14.5 Å². The van der Waals surface area contributed by atoms with Crippen molar-refractivity contribution in [3.8, 4) is 5.75 Å². The lowest BCUT2D eigenvalue weighted by Gasteiger charge is -2.28. The van der Waals surface area contributed by atoms with E-state index < -0.39 is 0 Å². The van der Waals surface area contributed by atoms with Crippen molar-refractivity contribution in [1.29, 1.82) is 0 Å². The third kappa shape index (κ3) is 6.99. The number of aromatic nitrogens is 2. The first kappa shape index (κ1) is 28.4. The third-order valence-electron chi connectivity index (χ3n) is 5.66. The molecule has 1 unspecified atom stereocenters. The fourth-order valence-corrected chi connectivity index (χ4v) is 4.64. The van der Waals surface area contributed by atoms with Crippen molar-refractivity contribution in [3.05, 3.63) is 51.9 Å². The number of halogens is 2. The second kappa shape index (κ2) is 13.4. The van der Waals surface area contributed by atoms with Gasteiger partial charge in [-0.15, -0.1) is 0 Å². The van der Waals surface area contributed by atoms with Crippen LogP contribution in [-0.4, -0.2) is 59.8 Å². The van der Waals surface area contributed by atoms with Gasteiger partial charge >= 0.3 is 0 Å². The molecule has 3 heterocycles. The van der Waals surface area contributed by atoms with E-state index in [1.165, 1.54) is 0 Å². The molecule has 198 valence electrons. The van der Waals surface area contributed by atoms with Gasteiger partial charge in [0.2, 0.25) is 5.91 Å². The number of hydrogen-bond acceptors (Lipinski definition) is 6. The molecule has 11 heteroatoms. The van der Waals surface area contributed by atoms with E-state index in [0.29, 0.717) is 51.7 Å². The number of benzene rings is 1. The smallest absolute Gasteiger partial charge is 0.220 e. The minimum absolute atomic E-state index is 0.0320. The van der Waals surface area contributed by atoms with Crippen molar-refractivity contribution < 1.29 is 9.53 Å². The lowest BCUT2D eigenvalue weighted by Crippen LogP contribution is -2.39. The summed E-state index contributed by atoms with van der Waals surface area (Å²) in [5.41, 5.74) is 2.81. The highest BCUT2D eigenvalue weighted by Crippen LogP contribution is 2.40. The number of nitrogens with zero attached hydrogens (tertiary/aromatic N) is 6. The van der Waals surface area contributed by atoms with Crippen LogP contribution in [0.3, 0.4) is 0 Å². The van der Waals surface area contributed by atoms with E-state index >= 15 is 0 Å². The Morgan fingerprint density at radius 3 is 2.73 bits per heavy atom. The molecule has 0 saturated carbocycles. The Labute approximate surface area is 227 Å². The Morgan fingerprint density at radius 2 is 2.11 bits per heavy atom. The molecule has 1 atom stereocenters. The Bertz CT molecular complexity index is 1230. The van der Waals surface area contributed by atoms with Gasteiger partial charge in [0, 0.05) is 37.8 Å². The van der Waals surface area contributed by atoms with E-state index in [1.807, 2.05) is 45.0 Å². The quantitative estimate of drug-likeness (QED) is 0.500. The van der Waals surface area contributed by atoms with E-state index in [4.69, 9.17) is 37.9 Å². The van der Waals surface area contributed by atoms with Gasteiger partial charge in [-0.1, -0.05) is 50.0 Å². The van der Waals surface area contributed by atoms with Crippen molar-refractivity contribution in [2.45, 2.75) is 46.1 Å². The number of amides is 1. The zero-order valence-electron chi connectivity index (χ0n) is 21.8. The number of rotatable bonds is 8. The summed E-state index contributed by atoms with van der Waals surface area (Å²) in [6, 6.07) is 3.41. The number of aryl methyl sites for hydroxylation is 1. The summed E-state index contributed by atoms with van der Waals surface area (Å²) >= 11 is 13.3. The minimum Gasteiger partial charge on any atom is -0.495 e. The summed E-state index contributed by atoms with van der Waals surface area (Å²) in [5.74, 6) is 1.04. The molecule has 1 amide bonds. The molecule has 1 fully saturated rings. The molecule has 2 aliphatic rings. The fourth-order valence-electron chi connectivity index (χ4n) is 3.96. The normalized spacial score (nSPS) is 18.9. The number of nitrogens with one attached hydrogen (secondary N) is 1.